The Morgan fingerprint density at radius 2 is 2.00 bits per heavy atom. The summed E-state index contributed by atoms with van der Waals surface area (Å²) in [5.74, 6) is -0.200. The Morgan fingerprint density at radius 1 is 1.36 bits per heavy atom. The monoisotopic (exact) mass is 373 g/mol. The fourth-order valence-electron chi connectivity index (χ4n) is 1.96. The maximum Gasteiger partial charge on any atom is 0.334 e. The quantitative estimate of drug-likeness (QED) is 0.771. The highest BCUT2D eigenvalue weighted by atomic mass is 79.9. The molecule has 1 aromatic carbocycles. The highest BCUT2D eigenvalue weighted by Gasteiger charge is 2.19. The normalized spacial score (nSPS) is 14.3. The summed E-state index contributed by atoms with van der Waals surface area (Å²) >= 11 is 3.39. The molecule has 0 fully saturated rings. The molecule has 2 rings (SSSR count). The second-order valence-electron chi connectivity index (χ2n) is 4.63. The van der Waals surface area contributed by atoms with Crippen LogP contribution in [0.25, 0.3) is 0 Å². The lowest BCUT2D eigenvalue weighted by atomic mass is 10.1. The number of carbonyl (C=O) groups excluding carboxylic acids is 1. The lowest BCUT2D eigenvalue weighted by Gasteiger charge is -2.20. The summed E-state index contributed by atoms with van der Waals surface area (Å²) in [7, 11) is 1.28. The number of aliphatic carboxylic acids is 1. The standard InChI is InChI=1S/C14H16BrNO6/c1-20-12(14(18)19)7-16-13(17)5-8-4-10-11(6-9(8)15)22-3-2-21-10/h4,6,12H,2-3,5,7H2,1H3,(H,16,17)(H,18,19). The number of carboxylic acid groups (broad SMARTS) is 1. The number of hydrogen-bond donors (Lipinski definition) is 2. The average Bonchev–Trinajstić information content (AvgIpc) is 2.48. The maximum absolute atomic E-state index is 11.9. The second-order valence-corrected chi connectivity index (χ2v) is 5.49. The van der Waals surface area contributed by atoms with Crippen LogP contribution in [0.5, 0.6) is 11.5 Å². The Bertz CT molecular complexity index is 577. The number of carbonyl (C=O) groups is 2. The van der Waals surface area contributed by atoms with Crippen molar-refractivity contribution >= 4 is 27.8 Å². The number of methoxy groups -OCH3 is 1. The van der Waals surface area contributed by atoms with E-state index in [1.807, 2.05) is 0 Å². The van der Waals surface area contributed by atoms with Crippen LogP contribution in [-0.4, -0.2) is 50.0 Å². The molecule has 0 bridgehead atoms. The molecule has 0 aromatic heterocycles. The average molecular weight is 374 g/mol. The van der Waals surface area contributed by atoms with Gasteiger partial charge in [0, 0.05) is 11.6 Å². The van der Waals surface area contributed by atoms with E-state index in [1.165, 1.54) is 7.11 Å². The van der Waals surface area contributed by atoms with E-state index >= 15 is 0 Å². The van der Waals surface area contributed by atoms with Gasteiger partial charge < -0.3 is 24.6 Å². The minimum atomic E-state index is -1.12. The molecule has 7 nitrogen and oxygen atoms in total. The molecule has 0 aliphatic carbocycles. The number of ether oxygens (including phenoxy) is 3. The first-order valence-corrected chi connectivity index (χ1v) is 7.41. The Balaban J connectivity index is 1.98. The van der Waals surface area contributed by atoms with E-state index in [-0.39, 0.29) is 18.9 Å². The van der Waals surface area contributed by atoms with E-state index in [0.717, 1.165) is 10.0 Å². The van der Waals surface area contributed by atoms with Crippen molar-refractivity contribution in [2.45, 2.75) is 12.5 Å². The SMILES string of the molecule is COC(CNC(=O)Cc1cc2c(cc1Br)OCCO2)C(=O)O. The Labute approximate surface area is 135 Å². The first-order chi connectivity index (χ1) is 10.5. The molecule has 1 amide bonds. The van der Waals surface area contributed by atoms with Crippen molar-refractivity contribution < 1.29 is 28.9 Å². The predicted octanol–water partition coefficient (Wildman–Crippen LogP) is 0.979. The molecule has 22 heavy (non-hydrogen) atoms. The zero-order chi connectivity index (χ0) is 16.1. The largest absolute Gasteiger partial charge is 0.486 e. The van der Waals surface area contributed by atoms with Gasteiger partial charge in [0.25, 0.3) is 0 Å². The van der Waals surface area contributed by atoms with Crippen LogP contribution in [0.3, 0.4) is 0 Å². The second kappa shape index (κ2) is 7.46. The number of amides is 1. The molecule has 0 saturated carbocycles. The zero-order valence-corrected chi connectivity index (χ0v) is 13.5. The molecule has 0 saturated heterocycles. The van der Waals surface area contributed by atoms with Crippen molar-refractivity contribution in [3.8, 4) is 11.5 Å². The van der Waals surface area contributed by atoms with Gasteiger partial charge in [0.05, 0.1) is 13.0 Å². The van der Waals surface area contributed by atoms with Gasteiger partial charge in [0.15, 0.2) is 17.6 Å². The summed E-state index contributed by atoms with van der Waals surface area (Å²) in [4.78, 5) is 22.7. The lowest BCUT2D eigenvalue weighted by molar-refractivity contribution is -0.148. The topological polar surface area (TPSA) is 94.1 Å². The van der Waals surface area contributed by atoms with Gasteiger partial charge >= 0.3 is 5.97 Å². The van der Waals surface area contributed by atoms with Gasteiger partial charge in [-0.2, -0.15) is 0 Å². The fraction of sp³-hybridized carbons (Fsp3) is 0.429. The third kappa shape index (κ3) is 4.11. The zero-order valence-electron chi connectivity index (χ0n) is 11.9. The van der Waals surface area contributed by atoms with Crippen molar-refractivity contribution in [2.24, 2.45) is 0 Å². The van der Waals surface area contributed by atoms with Crippen molar-refractivity contribution in [3.63, 3.8) is 0 Å². The number of benzene rings is 1. The van der Waals surface area contributed by atoms with Crippen LogP contribution in [0.15, 0.2) is 16.6 Å². The Kier molecular flexibility index (Phi) is 5.62. The molecular weight excluding hydrogens is 358 g/mol. The van der Waals surface area contributed by atoms with Crippen LogP contribution in [0.1, 0.15) is 5.56 Å². The van der Waals surface area contributed by atoms with E-state index in [2.05, 4.69) is 21.2 Å². The van der Waals surface area contributed by atoms with Crippen molar-refractivity contribution in [1.29, 1.82) is 0 Å². The minimum absolute atomic E-state index is 0.0904. The van der Waals surface area contributed by atoms with Gasteiger partial charge in [-0.3, -0.25) is 4.79 Å². The molecule has 1 atom stereocenters. The molecule has 1 heterocycles. The summed E-state index contributed by atoms with van der Waals surface area (Å²) in [5.41, 5.74) is 0.728. The van der Waals surface area contributed by atoms with Gasteiger partial charge in [0.1, 0.15) is 13.2 Å². The third-order valence-corrected chi connectivity index (χ3v) is 3.85. The Hall–Kier alpha value is -1.80. The van der Waals surface area contributed by atoms with Crippen LogP contribution in [0, 0.1) is 0 Å². The number of nitrogens with one attached hydrogen (secondary N) is 1. The highest BCUT2D eigenvalue weighted by molar-refractivity contribution is 9.10. The number of halogens is 1. The van der Waals surface area contributed by atoms with Gasteiger partial charge in [0.2, 0.25) is 5.91 Å². The molecule has 2 N–H and O–H groups in total. The molecule has 1 aliphatic heterocycles. The van der Waals surface area contributed by atoms with E-state index in [1.54, 1.807) is 12.1 Å². The first-order valence-electron chi connectivity index (χ1n) is 6.61. The summed E-state index contributed by atoms with van der Waals surface area (Å²) in [6.07, 6.45) is -0.972. The molecule has 120 valence electrons. The van der Waals surface area contributed by atoms with Gasteiger partial charge in [-0.25, -0.2) is 4.79 Å². The van der Waals surface area contributed by atoms with Crippen LogP contribution in [0.2, 0.25) is 0 Å². The van der Waals surface area contributed by atoms with E-state index in [0.29, 0.717) is 24.7 Å². The van der Waals surface area contributed by atoms with Gasteiger partial charge in [-0.1, -0.05) is 15.9 Å². The predicted molar refractivity (Wildman–Crippen MR) is 80.3 cm³/mol. The molecule has 1 aromatic rings. The number of rotatable bonds is 6. The van der Waals surface area contributed by atoms with E-state index in [9.17, 15) is 9.59 Å². The minimum Gasteiger partial charge on any atom is -0.486 e. The summed E-state index contributed by atoms with van der Waals surface area (Å²) in [6.45, 7) is 0.869. The summed E-state index contributed by atoms with van der Waals surface area (Å²) < 4.78 is 16.4. The fourth-order valence-corrected chi connectivity index (χ4v) is 2.42. The molecule has 0 radical (unpaired) electrons. The van der Waals surface area contributed by atoms with Gasteiger partial charge in [-0.05, 0) is 17.7 Å². The van der Waals surface area contributed by atoms with Gasteiger partial charge in [-0.15, -0.1) is 0 Å². The third-order valence-electron chi connectivity index (χ3n) is 3.11. The molecule has 8 heteroatoms. The van der Waals surface area contributed by atoms with E-state index < -0.39 is 12.1 Å². The summed E-state index contributed by atoms with van der Waals surface area (Å²) in [6, 6.07) is 3.50. The lowest BCUT2D eigenvalue weighted by Crippen LogP contribution is -2.38. The van der Waals surface area contributed by atoms with Crippen molar-refractivity contribution in [2.75, 3.05) is 26.9 Å². The molecule has 0 spiro atoms. The molecular formula is C14H16BrNO6. The van der Waals surface area contributed by atoms with Crippen LogP contribution in [-0.2, 0) is 20.7 Å². The number of hydrogen-bond acceptors (Lipinski definition) is 5. The first kappa shape index (κ1) is 16.6. The number of carboxylic acids is 1. The van der Waals surface area contributed by atoms with E-state index in [4.69, 9.17) is 19.3 Å². The number of fused-ring (bicyclic) bond motifs is 1. The van der Waals surface area contributed by atoms with Crippen molar-refractivity contribution in [1.82, 2.24) is 5.32 Å². The Morgan fingerprint density at radius 3 is 2.59 bits per heavy atom. The van der Waals surface area contributed by atoms with Crippen LogP contribution >= 0.6 is 15.9 Å². The molecule has 1 aliphatic rings. The summed E-state index contributed by atoms with van der Waals surface area (Å²) in [5, 5.41) is 11.4. The smallest absolute Gasteiger partial charge is 0.334 e. The van der Waals surface area contributed by atoms with Crippen LogP contribution in [0.4, 0.5) is 0 Å². The van der Waals surface area contributed by atoms with Crippen LogP contribution < -0.4 is 14.8 Å². The highest BCUT2D eigenvalue weighted by Crippen LogP contribution is 2.35. The van der Waals surface area contributed by atoms with Crippen molar-refractivity contribution in [3.05, 3.63) is 22.2 Å². The maximum atomic E-state index is 11.9. The molecule has 1 unspecified atom stereocenters.